The fraction of sp³-hybridized carbons (Fsp3) is 0.409. The van der Waals surface area contributed by atoms with E-state index in [-0.39, 0.29) is 11.9 Å². The van der Waals surface area contributed by atoms with Crippen LogP contribution in [0.3, 0.4) is 0 Å². The Bertz CT molecular complexity index is 991. The highest BCUT2D eigenvalue weighted by Crippen LogP contribution is 2.31. The van der Waals surface area contributed by atoms with Gasteiger partial charge in [-0.15, -0.1) is 21.5 Å². The summed E-state index contributed by atoms with van der Waals surface area (Å²) in [6.45, 7) is 10.5. The van der Waals surface area contributed by atoms with E-state index in [4.69, 9.17) is 0 Å². The summed E-state index contributed by atoms with van der Waals surface area (Å²) in [5.41, 5.74) is 4.31. The van der Waals surface area contributed by atoms with E-state index in [0.29, 0.717) is 5.75 Å². The highest BCUT2D eigenvalue weighted by atomic mass is 32.2. The maximum absolute atomic E-state index is 12.4. The van der Waals surface area contributed by atoms with E-state index in [1.807, 2.05) is 25.1 Å². The molecule has 0 spiro atoms. The molecule has 7 heteroatoms. The zero-order chi connectivity index (χ0) is 21.0. The van der Waals surface area contributed by atoms with Crippen LogP contribution in [-0.2, 0) is 11.2 Å². The molecule has 0 unspecified atom stereocenters. The number of nitrogens with one attached hydrogen (secondary N) is 1. The van der Waals surface area contributed by atoms with Crippen LogP contribution in [0.4, 0.5) is 5.69 Å². The summed E-state index contributed by atoms with van der Waals surface area (Å²) in [5.74, 6) is 1.12. The number of aromatic nitrogens is 3. The van der Waals surface area contributed by atoms with Crippen molar-refractivity contribution < 1.29 is 4.79 Å². The van der Waals surface area contributed by atoms with Crippen LogP contribution < -0.4 is 5.32 Å². The quantitative estimate of drug-likeness (QED) is 0.455. The fourth-order valence-corrected chi connectivity index (χ4v) is 4.90. The first kappa shape index (κ1) is 21.6. The minimum atomic E-state index is -0.0427. The summed E-state index contributed by atoms with van der Waals surface area (Å²) in [4.78, 5) is 13.8. The van der Waals surface area contributed by atoms with Crippen molar-refractivity contribution in [3.05, 3.63) is 45.6 Å². The third-order valence-corrected chi connectivity index (χ3v) is 6.65. The van der Waals surface area contributed by atoms with Crippen molar-refractivity contribution >= 4 is 34.7 Å². The normalized spacial score (nSPS) is 11.2. The Morgan fingerprint density at radius 2 is 2.00 bits per heavy atom. The number of hydrogen-bond acceptors (Lipinski definition) is 5. The first-order chi connectivity index (χ1) is 13.9. The van der Waals surface area contributed by atoms with Crippen LogP contribution in [0.25, 0.3) is 11.4 Å². The van der Waals surface area contributed by atoms with Crippen molar-refractivity contribution in [2.75, 3.05) is 11.1 Å². The van der Waals surface area contributed by atoms with E-state index in [0.717, 1.165) is 40.6 Å². The third-order valence-electron chi connectivity index (χ3n) is 4.71. The van der Waals surface area contributed by atoms with Gasteiger partial charge in [-0.05, 0) is 63.4 Å². The van der Waals surface area contributed by atoms with E-state index in [1.165, 1.54) is 22.2 Å². The van der Waals surface area contributed by atoms with Gasteiger partial charge in [-0.2, -0.15) is 0 Å². The minimum Gasteiger partial charge on any atom is -0.325 e. The zero-order valence-electron chi connectivity index (χ0n) is 17.7. The van der Waals surface area contributed by atoms with Crippen molar-refractivity contribution in [3.8, 4) is 11.4 Å². The Balaban J connectivity index is 1.71. The number of rotatable bonds is 8. The summed E-state index contributed by atoms with van der Waals surface area (Å²) >= 11 is 3.19. The Hall–Kier alpha value is -2.12. The van der Waals surface area contributed by atoms with Gasteiger partial charge in [0.05, 0.1) is 5.75 Å². The molecule has 0 aliphatic carbocycles. The molecule has 154 valence electrons. The molecule has 5 nitrogen and oxygen atoms in total. The number of amides is 1. The molecule has 29 heavy (non-hydrogen) atoms. The molecule has 0 radical (unpaired) electrons. The first-order valence-corrected chi connectivity index (χ1v) is 11.8. The molecule has 0 aliphatic rings. The predicted molar refractivity (Wildman–Crippen MR) is 123 cm³/mol. The van der Waals surface area contributed by atoms with Crippen molar-refractivity contribution in [1.82, 2.24) is 14.8 Å². The molecular formula is C22H28N4OS2. The van der Waals surface area contributed by atoms with Crippen molar-refractivity contribution in [3.63, 3.8) is 0 Å². The lowest BCUT2D eigenvalue weighted by atomic mass is 10.1. The highest BCUT2D eigenvalue weighted by molar-refractivity contribution is 7.99. The number of aryl methyl sites for hydroxylation is 3. The van der Waals surface area contributed by atoms with Gasteiger partial charge in [0.15, 0.2) is 11.0 Å². The molecule has 1 aromatic carbocycles. The second-order valence-electron chi connectivity index (χ2n) is 7.46. The van der Waals surface area contributed by atoms with Gasteiger partial charge < -0.3 is 5.32 Å². The molecule has 2 heterocycles. The van der Waals surface area contributed by atoms with Gasteiger partial charge in [0.1, 0.15) is 0 Å². The number of thiophene rings is 1. The van der Waals surface area contributed by atoms with E-state index in [1.54, 1.807) is 11.3 Å². The molecule has 3 aromatic rings. The van der Waals surface area contributed by atoms with E-state index >= 15 is 0 Å². The number of anilines is 1. The van der Waals surface area contributed by atoms with Crippen LogP contribution >= 0.6 is 23.1 Å². The minimum absolute atomic E-state index is 0.0427. The zero-order valence-corrected chi connectivity index (χ0v) is 19.3. The molecule has 0 aliphatic heterocycles. The number of nitrogens with zero attached hydrogens (tertiary/aromatic N) is 3. The van der Waals surface area contributed by atoms with Crippen LogP contribution in [0.2, 0.25) is 0 Å². The van der Waals surface area contributed by atoms with E-state index in [9.17, 15) is 4.79 Å². The number of carbonyl (C=O) groups is 1. The fourth-order valence-electron chi connectivity index (χ4n) is 3.06. The lowest BCUT2D eigenvalue weighted by molar-refractivity contribution is -0.113. The average Bonchev–Trinajstić information content (AvgIpc) is 3.30. The van der Waals surface area contributed by atoms with Crippen molar-refractivity contribution in [1.29, 1.82) is 0 Å². The van der Waals surface area contributed by atoms with E-state index < -0.39 is 0 Å². The number of thioether (sulfide) groups is 1. The molecule has 0 atom stereocenters. The Morgan fingerprint density at radius 1 is 1.21 bits per heavy atom. The molecule has 0 bridgehead atoms. The summed E-state index contributed by atoms with van der Waals surface area (Å²) in [5, 5.41) is 14.7. The van der Waals surface area contributed by atoms with Crippen LogP contribution in [0.5, 0.6) is 0 Å². The average molecular weight is 429 g/mol. The number of hydrogen-bond donors (Lipinski definition) is 1. The first-order valence-electron chi connectivity index (χ1n) is 9.91. The summed E-state index contributed by atoms with van der Waals surface area (Å²) in [6, 6.07) is 8.37. The Morgan fingerprint density at radius 3 is 2.69 bits per heavy atom. The molecule has 0 saturated heterocycles. The summed E-state index contributed by atoms with van der Waals surface area (Å²) in [7, 11) is 0. The van der Waals surface area contributed by atoms with Crippen molar-refractivity contribution in [2.24, 2.45) is 0 Å². The highest BCUT2D eigenvalue weighted by Gasteiger charge is 2.19. The molecule has 3 rings (SSSR count). The standard InChI is InChI=1S/C22H28N4OS2/c1-6-7-19-11-17(12-28-19)21-24-25-22(26(21)14(2)3)29-13-20(27)23-18-9-8-15(4)16(5)10-18/h8-12,14H,6-7,13H2,1-5H3,(H,23,27). The molecule has 1 amide bonds. The molecule has 0 saturated carbocycles. The lowest BCUT2D eigenvalue weighted by Gasteiger charge is -2.13. The van der Waals surface area contributed by atoms with Gasteiger partial charge in [0.2, 0.25) is 5.91 Å². The maximum Gasteiger partial charge on any atom is 0.234 e. The van der Waals surface area contributed by atoms with Gasteiger partial charge in [-0.25, -0.2) is 0 Å². The molecule has 0 fully saturated rings. The maximum atomic E-state index is 12.4. The van der Waals surface area contributed by atoms with Crippen LogP contribution in [-0.4, -0.2) is 26.4 Å². The van der Waals surface area contributed by atoms with Crippen LogP contribution in [0, 0.1) is 13.8 Å². The topological polar surface area (TPSA) is 59.8 Å². The van der Waals surface area contributed by atoms with Crippen LogP contribution in [0.15, 0.2) is 34.8 Å². The smallest absolute Gasteiger partial charge is 0.234 e. The third kappa shape index (κ3) is 5.28. The SMILES string of the molecule is CCCc1cc(-c2nnc(SCC(=O)Nc3ccc(C)c(C)c3)n2C(C)C)cs1. The van der Waals surface area contributed by atoms with Gasteiger partial charge in [0.25, 0.3) is 0 Å². The number of carbonyl (C=O) groups excluding carboxylic acids is 1. The second-order valence-corrected chi connectivity index (χ2v) is 9.40. The van der Waals surface area contributed by atoms with Gasteiger partial charge in [-0.3, -0.25) is 9.36 Å². The summed E-state index contributed by atoms with van der Waals surface area (Å²) in [6.07, 6.45) is 2.22. The Labute approximate surface area is 180 Å². The lowest BCUT2D eigenvalue weighted by Crippen LogP contribution is -2.15. The largest absolute Gasteiger partial charge is 0.325 e. The van der Waals surface area contributed by atoms with Gasteiger partial charge >= 0.3 is 0 Å². The second kappa shape index (κ2) is 9.59. The molecule has 1 N–H and O–H groups in total. The predicted octanol–water partition coefficient (Wildman–Crippen LogP) is 5.89. The monoisotopic (exact) mass is 428 g/mol. The van der Waals surface area contributed by atoms with E-state index in [2.05, 4.69) is 59.2 Å². The number of benzene rings is 1. The summed E-state index contributed by atoms with van der Waals surface area (Å²) < 4.78 is 2.12. The van der Waals surface area contributed by atoms with Gasteiger partial charge in [0, 0.05) is 27.5 Å². The van der Waals surface area contributed by atoms with Crippen molar-refractivity contribution in [2.45, 2.75) is 58.7 Å². The molecular weight excluding hydrogens is 400 g/mol. The molecule has 2 aromatic heterocycles. The van der Waals surface area contributed by atoms with Gasteiger partial charge in [-0.1, -0.05) is 31.2 Å². The van der Waals surface area contributed by atoms with Crippen LogP contribution in [0.1, 0.15) is 49.2 Å². The Kier molecular flexibility index (Phi) is 7.14.